The van der Waals surface area contributed by atoms with Gasteiger partial charge in [-0.3, -0.25) is 4.79 Å². The van der Waals surface area contributed by atoms with Gasteiger partial charge in [-0.15, -0.1) is 0 Å². The Morgan fingerprint density at radius 3 is 2.44 bits per heavy atom. The molecule has 0 atom stereocenters. The molecule has 1 aromatic heterocycles. The minimum Gasteiger partial charge on any atom is -0.465 e. The summed E-state index contributed by atoms with van der Waals surface area (Å²) in [5.41, 5.74) is 0.804. The average molecular weight is 366 g/mol. The highest BCUT2D eigenvalue weighted by molar-refractivity contribution is 6.03. The van der Waals surface area contributed by atoms with Crippen LogP contribution in [0.4, 0.5) is 21.7 Å². The minimum absolute atomic E-state index is 0.0336. The van der Waals surface area contributed by atoms with E-state index in [-0.39, 0.29) is 17.3 Å². The maximum absolute atomic E-state index is 13.7. The SMILES string of the molecule is COC(=O)c1ccccc1Nc1nccc(C(=O)Nc2ccccc2F)n1. The van der Waals surface area contributed by atoms with Gasteiger partial charge in [0.05, 0.1) is 24.0 Å². The van der Waals surface area contributed by atoms with Gasteiger partial charge in [0.25, 0.3) is 5.91 Å². The quantitative estimate of drug-likeness (QED) is 0.672. The van der Waals surface area contributed by atoms with E-state index in [9.17, 15) is 14.0 Å². The van der Waals surface area contributed by atoms with Crippen LogP contribution in [-0.4, -0.2) is 29.0 Å². The van der Waals surface area contributed by atoms with Crippen LogP contribution in [0, 0.1) is 5.82 Å². The number of ether oxygens (including phenoxy) is 1. The number of halogens is 1. The number of carbonyl (C=O) groups is 2. The molecule has 0 aliphatic carbocycles. The van der Waals surface area contributed by atoms with Gasteiger partial charge >= 0.3 is 5.97 Å². The lowest BCUT2D eigenvalue weighted by Gasteiger charge is -2.10. The Kier molecular flexibility index (Phi) is 5.36. The molecular weight excluding hydrogens is 351 g/mol. The van der Waals surface area contributed by atoms with Gasteiger partial charge in [0, 0.05) is 6.20 Å². The van der Waals surface area contributed by atoms with Crippen molar-refractivity contribution < 1.29 is 18.7 Å². The minimum atomic E-state index is -0.591. The van der Waals surface area contributed by atoms with Crippen LogP contribution in [0.5, 0.6) is 0 Å². The van der Waals surface area contributed by atoms with Gasteiger partial charge in [-0.2, -0.15) is 0 Å². The first-order valence-electron chi connectivity index (χ1n) is 7.92. The van der Waals surface area contributed by atoms with E-state index >= 15 is 0 Å². The number of esters is 1. The van der Waals surface area contributed by atoms with E-state index in [0.717, 1.165) is 0 Å². The van der Waals surface area contributed by atoms with Crippen molar-refractivity contribution in [2.45, 2.75) is 0 Å². The first kappa shape index (κ1) is 18.0. The fourth-order valence-corrected chi connectivity index (χ4v) is 2.29. The Morgan fingerprint density at radius 1 is 1.00 bits per heavy atom. The molecule has 8 heteroatoms. The zero-order valence-corrected chi connectivity index (χ0v) is 14.3. The molecule has 2 N–H and O–H groups in total. The van der Waals surface area contributed by atoms with Crippen LogP contribution in [0.2, 0.25) is 0 Å². The van der Waals surface area contributed by atoms with Crippen LogP contribution in [0.25, 0.3) is 0 Å². The third-order valence-corrected chi connectivity index (χ3v) is 3.59. The third kappa shape index (κ3) is 4.24. The summed E-state index contributed by atoms with van der Waals surface area (Å²) in [5.74, 6) is -1.56. The van der Waals surface area contributed by atoms with Crippen molar-refractivity contribution >= 4 is 29.2 Å². The molecule has 0 unspecified atom stereocenters. The second-order valence-electron chi connectivity index (χ2n) is 5.36. The highest BCUT2D eigenvalue weighted by atomic mass is 19.1. The largest absolute Gasteiger partial charge is 0.465 e. The second kappa shape index (κ2) is 8.05. The lowest BCUT2D eigenvalue weighted by molar-refractivity contribution is 0.0601. The van der Waals surface area contributed by atoms with Crippen molar-refractivity contribution in [3.05, 3.63) is 77.9 Å². The maximum Gasteiger partial charge on any atom is 0.339 e. The molecule has 2 aromatic carbocycles. The Labute approximate surface area is 154 Å². The molecule has 3 aromatic rings. The maximum atomic E-state index is 13.7. The molecule has 1 heterocycles. The number of amides is 1. The molecule has 0 saturated carbocycles. The van der Waals surface area contributed by atoms with Crippen molar-refractivity contribution in [2.24, 2.45) is 0 Å². The zero-order valence-electron chi connectivity index (χ0n) is 14.3. The molecule has 7 nitrogen and oxygen atoms in total. The molecule has 136 valence electrons. The number of carbonyl (C=O) groups excluding carboxylic acids is 2. The van der Waals surface area contributed by atoms with Gasteiger partial charge in [0.1, 0.15) is 11.5 Å². The number of hydrogen-bond acceptors (Lipinski definition) is 6. The zero-order chi connectivity index (χ0) is 19.2. The topological polar surface area (TPSA) is 93.2 Å². The third-order valence-electron chi connectivity index (χ3n) is 3.59. The number of aromatic nitrogens is 2. The van der Waals surface area contributed by atoms with Crippen molar-refractivity contribution in [1.82, 2.24) is 9.97 Å². The van der Waals surface area contributed by atoms with E-state index in [1.54, 1.807) is 30.3 Å². The highest BCUT2D eigenvalue weighted by Crippen LogP contribution is 2.20. The van der Waals surface area contributed by atoms with Gasteiger partial charge < -0.3 is 15.4 Å². The van der Waals surface area contributed by atoms with Crippen LogP contribution < -0.4 is 10.6 Å². The molecule has 0 fully saturated rings. The van der Waals surface area contributed by atoms with Crippen LogP contribution in [0.15, 0.2) is 60.8 Å². The fraction of sp³-hybridized carbons (Fsp3) is 0.0526. The standard InChI is InChI=1S/C19H15FN4O3/c1-27-18(26)12-6-2-4-8-14(12)23-19-21-11-10-16(24-19)17(25)22-15-9-5-3-7-13(15)20/h2-11H,1H3,(H,22,25)(H,21,23,24). The summed E-state index contributed by atoms with van der Waals surface area (Å²) in [4.78, 5) is 32.3. The van der Waals surface area contributed by atoms with Crippen LogP contribution in [0.3, 0.4) is 0 Å². The lowest BCUT2D eigenvalue weighted by Crippen LogP contribution is -2.16. The van der Waals surface area contributed by atoms with E-state index in [1.807, 2.05) is 0 Å². The highest BCUT2D eigenvalue weighted by Gasteiger charge is 2.14. The van der Waals surface area contributed by atoms with Crippen LogP contribution in [0.1, 0.15) is 20.8 Å². The number of methoxy groups -OCH3 is 1. The summed E-state index contributed by atoms with van der Waals surface area (Å²) in [5, 5.41) is 5.33. The molecule has 0 aliphatic rings. The van der Waals surface area contributed by atoms with Gasteiger partial charge in [-0.1, -0.05) is 24.3 Å². The summed E-state index contributed by atoms with van der Waals surface area (Å²) in [6, 6.07) is 13.9. The first-order valence-corrected chi connectivity index (χ1v) is 7.92. The Morgan fingerprint density at radius 2 is 1.70 bits per heavy atom. The van der Waals surface area contributed by atoms with Gasteiger partial charge in [0.2, 0.25) is 5.95 Å². The number of anilines is 3. The smallest absolute Gasteiger partial charge is 0.339 e. The van der Waals surface area contributed by atoms with Gasteiger partial charge in [-0.25, -0.2) is 19.2 Å². The molecule has 0 saturated heterocycles. The van der Waals surface area contributed by atoms with E-state index in [1.165, 1.54) is 37.6 Å². The number of para-hydroxylation sites is 2. The normalized spacial score (nSPS) is 10.1. The monoisotopic (exact) mass is 366 g/mol. The van der Waals surface area contributed by atoms with Crippen LogP contribution >= 0.6 is 0 Å². The number of hydrogen-bond donors (Lipinski definition) is 2. The van der Waals surface area contributed by atoms with Crippen LogP contribution in [-0.2, 0) is 4.74 Å². The van der Waals surface area contributed by atoms with E-state index in [4.69, 9.17) is 4.74 Å². The Balaban J connectivity index is 1.81. The summed E-state index contributed by atoms with van der Waals surface area (Å²) in [6.45, 7) is 0. The number of benzene rings is 2. The Bertz CT molecular complexity index is 994. The van der Waals surface area contributed by atoms with Crippen molar-refractivity contribution in [3.8, 4) is 0 Å². The first-order chi connectivity index (χ1) is 13.1. The molecule has 1 amide bonds. The predicted octanol–water partition coefficient (Wildman–Crippen LogP) is 3.40. The molecule has 3 rings (SSSR count). The van der Waals surface area contributed by atoms with Gasteiger partial charge in [-0.05, 0) is 30.3 Å². The average Bonchev–Trinajstić information content (AvgIpc) is 2.70. The molecule has 0 aliphatic heterocycles. The summed E-state index contributed by atoms with van der Waals surface area (Å²) in [6.07, 6.45) is 1.38. The summed E-state index contributed by atoms with van der Waals surface area (Å²) < 4.78 is 18.4. The molecule has 0 bridgehead atoms. The molecular formula is C19H15FN4O3. The van der Waals surface area contributed by atoms with Crippen molar-refractivity contribution in [3.63, 3.8) is 0 Å². The Hall–Kier alpha value is -3.81. The van der Waals surface area contributed by atoms with Crippen molar-refractivity contribution in [2.75, 3.05) is 17.7 Å². The van der Waals surface area contributed by atoms with Crippen molar-refractivity contribution in [1.29, 1.82) is 0 Å². The molecule has 0 radical (unpaired) electrons. The van der Waals surface area contributed by atoms with Gasteiger partial charge in [0.15, 0.2) is 0 Å². The fourth-order valence-electron chi connectivity index (χ4n) is 2.29. The van der Waals surface area contributed by atoms with E-state index in [0.29, 0.717) is 11.3 Å². The second-order valence-corrected chi connectivity index (χ2v) is 5.36. The van der Waals surface area contributed by atoms with E-state index < -0.39 is 17.7 Å². The predicted molar refractivity (Wildman–Crippen MR) is 97.4 cm³/mol. The molecule has 27 heavy (non-hydrogen) atoms. The number of nitrogens with zero attached hydrogens (tertiary/aromatic N) is 2. The number of rotatable bonds is 5. The van der Waals surface area contributed by atoms with E-state index in [2.05, 4.69) is 20.6 Å². The molecule has 0 spiro atoms. The summed E-state index contributed by atoms with van der Waals surface area (Å²) >= 11 is 0. The lowest BCUT2D eigenvalue weighted by atomic mass is 10.2. The summed E-state index contributed by atoms with van der Waals surface area (Å²) in [7, 11) is 1.28. The number of nitrogens with one attached hydrogen (secondary N) is 2.